The largest absolute Gasteiger partial charge is 0.382 e. The summed E-state index contributed by atoms with van der Waals surface area (Å²) in [5, 5.41) is 12.4. The summed E-state index contributed by atoms with van der Waals surface area (Å²) in [6.07, 6.45) is -2.14. The summed E-state index contributed by atoms with van der Waals surface area (Å²) in [4.78, 5) is 13.2. The smallest absolute Gasteiger partial charge is 0.268 e. The van der Waals surface area contributed by atoms with Crippen LogP contribution in [0.2, 0.25) is 0 Å². The highest BCUT2D eigenvalue weighted by molar-refractivity contribution is 5.95. The first-order chi connectivity index (χ1) is 9.33. The molecule has 2 N–H and O–H groups in total. The van der Waals surface area contributed by atoms with Gasteiger partial charge in [0.2, 0.25) is 5.91 Å². The van der Waals surface area contributed by atoms with Gasteiger partial charge in [-0.1, -0.05) is 6.07 Å². The molecule has 1 aliphatic rings. The standard InChI is InChI=1S/C14H18F2N2O2/c1-9(19)18-7-6-10-11(4-3-5-12(10)18)17-8-14(2,20)13(15)16/h3-5,13,17,20H,6-8H2,1-2H3. The number of nitrogens with zero attached hydrogens (tertiary/aromatic N) is 1. The second-order valence-electron chi connectivity index (χ2n) is 5.24. The number of aliphatic hydroxyl groups is 1. The van der Waals surface area contributed by atoms with Crippen LogP contribution in [0.4, 0.5) is 20.2 Å². The number of carbonyl (C=O) groups is 1. The van der Waals surface area contributed by atoms with E-state index in [2.05, 4.69) is 5.32 Å². The Hall–Kier alpha value is -1.69. The number of nitrogens with one attached hydrogen (secondary N) is 1. The lowest BCUT2D eigenvalue weighted by Gasteiger charge is -2.24. The molecule has 1 aromatic carbocycles. The Kier molecular flexibility index (Phi) is 3.94. The van der Waals surface area contributed by atoms with Crippen molar-refractivity contribution in [3.63, 3.8) is 0 Å². The zero-order chi connectivity index (χ0) is 14.9. The van der Waals surface area contributed by atoms with Gasteiger partial charge in [0.05, 0.1) is 0 Å². The Bertz CT molecular complexity index is 518. The number of benzene rings is 1. The number of alkyl halides is 2. The lowest BCUT2D eigenvalue weighted by atomic mass is 10.1. The van der Waals surface area contributed by atoms with Crippen molar-refractivity contribution < 1.29 is 18.7 Å². The van der Waals surface area contributed by atoms with Crippen LogP contribution in [0.15, 0.2) is 18.2 Å². The molecule has 0 fully saturated rings. The van der Waals surface area contributed by atoms with Crippen molar-refractivity contribution in [2.45, 2.75) is 32.3 Å². The van der Waals surface area contributed by atoms with Crippen molar-refractivity contribution in [1.29, 1.82) is 0 Å². The number of hydrogen-bond donors (Lipinski definition) is 2. The van der Waals surface area contributed by atoms with Gasteiger partial charge in [0, 0.05) is 37.0 Å². The van der Waals surface area contributed by atoms with Crippen molar-refractivity contribution in [2.75, 3.05) is 23.3 Å². The van der Waals surface area contributed by atoms with Crippen molar-refractivity contribution in [2.24, 2.45) is 0 Å². The van der Waals surface area contributed by atoms with Gasteiger partial charge in [-0.2, -0.15) is 0 Å². The fourth-order valence-corrected chi connectivity index (χ4v) is 2.28. The van der Waals surface area contributed by atoms with E-state index in [0.29, 0.717) is 18.7 Å². The first-order valence-electron chi connectivity index (χ1n) is 6.47. The van der Waals surface area contributed by atoms with Crippen LogP contribution in [0.25, 0.3) is 0 Å². The van der Waals surface area contributed by atoms with Gasteiger partial charge < -0.3 is 15.3 Å². The fraction of sp³-hybridized carbons (Fsp3) is 0.500. The summed E-state index contributed by atoms with van der Waals surface area (Å²) < 4.78 is 25.2. The minimum Gasteiger partial charge on any atom is -0.382 e. The molecule has 4 nitrogen and oxygen atoms in total. The molecule has 1 aromatic rings. The summed E-state index contributed by atoms with van der Waals surface area (Å²) in [5.74, 6) is -0.0412. The molecular formula is C14H18F2N2O2. The Morgan fingerprint density at radius 3 is 2.85 bits per heavy atom. The zero-order valence-corrected chi connectivity index (χ0v) is 11.5. The van der Waals surface area contributed by atoms with Gasteiger partial charge in [-0.15, -0.1) is 0 Å². The predicted octanol–water partition coefficient (Wildman–Crippen LogP) is 2.02. The highest BCUT2D eigenvalue weighted by Gasteiger charge is 2.32. The fourth-order valence-electron chi connectivity index (χ4n) is 2.28. The average Bonchev–Trinajstić information content (AvgIpc) is 2.80. The van der Waals surface area contributed by atoms with Crippen LogP contribution in [0.5, 0.6) is 0 Å². The summed E-state index contributed by atoms with van der Waals surface area (Å²) in [6.45, 7) is 2.93. The molecule has 2 rings (SSSR count). The lowest BCUT2D eigenvalue weighted by molar-refractivity contribution is -0.116. The van der Waals surface area contributed by atoms with E-state index in [-0.39, 0.29) is 12.5 Å². The number of hydrogen-bond acceptors (Lipinski definition) is 3. The minimum absolute atomic E-state index is 0.0412. The molecule has 0 saturated carbocycles. The SMILES string of the molecule is CC(=O)N1CCc2c(NCC(C)(O)C(F)F)cccc21. The van der Waals surface area contributed by atoms with Crippen molar-refractivity contribution in [3.8, 4) is 0 Å². The third-order valence-electron chi connectivity index (χ3n) is 3.51. The van der Waals surface area contributed by atoms with Crippen LogP contribution in [-0.2, 0) is 11.2 Å². The maximum Gasteiger partial charge on any atom is 0.268 e. The molecule has 0 aliphatic carbocycles. The van der Waals surface area contributed by atoms with Crippen LogP contribution >= 0.6 is 0 Å². The molecule has 0 radical (unpaired) electrons. The Morgan fingerprint density at radius 2 is 2.25 bits per heavy atom. The van der Waals surface area contributed by atoms with Crippen molar-refractivity contribution in [1.82, 2.24) is 0 Å². The minimum atomic E-state index is -2.82. The predicted molar refractivity (Wildman–Crippen MR) is 73.3 cm³/mol. The van der Waals surface area contributed by atoms with Gasteiger partial charge >= 0.3 is 0 Å². The molecule has 1 amide bonds. The molecule has 6 heteroatoms. The Balaban J connectivity index is 2.18. The number of halogens is 2. The van der Waals surface area contributed by atoms with Crippen LogP contribution in [-0.4, -0.2) is 36.1 Å². The van der Waals surface area contributed by atoms with Crippen LogP contribution in [0, 0.1) is 0 Å². The molecular weight excluding hydrogens is 266 g/mol. The first-order valence-corrected chi connectivity index (χ1v) is 6.47. The van der Waals surface area contributed by atoms with Crippen LogP contribution in [0.1, 0.15) is 19.4 Å². The third kappa shape index (κ3) is 2.75. The normalized spacial score (nSPS) is 17.0. The maximum atomic E-state index is 12.6. The second-order valence-corrected chi connectivity index (χ2v) is 5.24. The molecule has 110 valence electrons. The van der Waals surface area contributed by atoms with E-state index in [9.17, 15) is 18.7 Å². The maximum absolute atomic E-state index is 12.6. The van der Waals surface area contributed by atoms with Gasteiger partial charge in [0.1, 0.15) is 5.60 Å². The highest BCUT2D eigenvalue weighted by Crippen LogP contribution is 2.34. The van der Waals surface area contributed by atoms with Gasteiger partial charge in [0.15, 0.2) is 0 Å². The summed E-state index contributed by atoms with van der Waals surface area (Å²) in [6, 6.07) is 5.36. The average molecular weight is 284 g/mol. The van der Waals surface area contributed by atoms with Gasteiger partial charge in [-0.05, 0) is 25.5 Å². The number of anilines is 2. The van der Waals surface area contributed by atoms with E-state index in [1.807, 2.05) is 6.07 Å². The monoisotopic (exact) mass is 284 g/mol. The van der Waals surface area contributed by atoms with E-state index in [0.717, 1.165) is 18.2 Å². The summed E-state index contributed by atoms with van der Waals surface area (Å²) in [7, 11) is 0. The lowest BCUT2D eigenvalue weighted by Crippen LogP contribution is -2.40. The third-order valence-corrected chi connectivity index (χ3v) is 3.51. The Morgan fingerprint density at radius 1 is 1.55 bits per heavy atom. The number of amides is 1. The molecule has 1 heterocycles. The molecule has 20 heavy (non-hydrogen) atoms. The number of rotatable bonds is 4. The van der Waals surface area contributed by atoms with E-state index in [1.165, 1.54) is 6.92 Å². The van der Waals surface area contributed by atoms with Crippen molar-refractivity contribution in [3.05, 3.63) is 23.8 Å². The Labute approximate surface area is 116 Å². The summed E-state index contributed by atoms with van der Waals surface area (Å²) in [5.41, 5.74) is 0.334. The van der Waals surface area contributed by atoms with Gasteiger partial charge in [-0.25, -0.2) is 8.78 Å². The van der Waals surface area contributed by atoms with E-state index in [1.54, 1.807) is 17.0 Å². The molecule has 1 unspecified atom stereocenters. The quantitative estimate of drug-likeness (QED) is 0.889. The van der Waals surface area contributed by atoms with E-state index < -0.39 is 12.0 Å². The summed E-state index contributed by atoms with van der Waals surface area (Å²) >= 11 is 0. The molecule has 0 aromatic heterocycles. The van der Waals surface area contributed by atoms with E-state index >= 15 is 0 Å². The van der Waals surface area contributed by atoms with Crippen LogP contribution < -0.4 is 10.2 Å². The molecule has 0 saturated heterocycles. The second kappa shape index (κ2) is 5.36. The van der Waals surface area contributed by atoms with Crippen molar-refractivity contribution >= 4 is 17.3 Å². The zero-order valence-electron chi connectivity index (χ0n) is 11.5. The molecule has 0 bridgehead atoms. The van der Waals surface area contributed by atoms with Crippen LogP contribution in [0.3, 0.4) is 0 Å². The molecule has 1 aliphatic heterocycles. The number of carbonyl (C=O) groups excluding carboxylic acids is 1. The van der Waals surface area contributed by atoms with Gasteiger partial charge in [-0.3, -0.25) is 4.79 Å². The highest BCUT2D eigenvalue weighted by atomic mass is 19.3. The van der Waals surface area contributed by atoms with E-state index in [4.69, 9.17) is 0 Å². The first kappa shape index (κ1) is 14.7. The number of fused-ring (bicyclic) bond motifs is 1. The topological polar surface area (TPSA) is 52.6 Å². The molecule has 0 spiro atoms. The molecule has 1 atom stereocenters. The van der Waals surface area contributed by atoms with Gasteiger partial charge in [0.25, 0.3) is 6.43 Å².